The van der Waals surface area contributed by atoms with Gasteiger partial charge in [-0.15, -0.1) is 0 Å². The fraction of sp³-hybridized carbons (Fsp3) is 0.263. The minimum atomic E-state index is -3.68. The predicted octanol–water partition coefficient (Wildman–Crippen LogP) is 2.44. The molecule has 0 fully saturated rings. The van der Waals surface area contributed by atoms with Gasteiger partial charge in [0.25, 0.3) is 5.91 Å². The molecule has 0 bridgehead atoms. The molecule has 1 aliphatic heterocycles. The van der Waals surface area contributed by atoms with Crippen molar-refractivity contribution < 1.29 is 22.7 Å². The van der Waals surface area contributed by atoms with Gasteiger partial charge >= 0.3 is 0 Å². The van der Waals surface area contributed by atoms with E-state index in [2.05, 4.69) is 10.6 Å². The molecule has 0 aliphatic carbocycles. The highest BCUT2D eigenvalue weighted by atomic mass is 32.2. The van der Waals surface area contributed by atoms with Crippen LogP contribution < -0.4 is 15.4 Å². The average molecular weight is 388 g/mol. The molecular formula is C19H20N2O5S. The van der Waals surface area contributed by atoms with Crippen LogP contribution in [0.5, 0.6) is 5.75 Å². The van der Waals surface area contributed by atoms with E-state index in [1.165, 1.54) is 18.2 Å². The first-order valence-electron chi connectivity index (χ1n) is 8.40. The Labute approximate surface area is 157 Å². The molecule has 0 unspecified atom stereocenters. The van der Waals surface area contributed by atoms with E-state index in [0.717, 1.165) is 11.1 Å². The van der Waals surface area contributed by atoms with Crippen LogP contribution in [0.2, 0.25) is 0 Å². The Balaban J connectivity index is 1.67. The number of carbonyl (C=O) groups is 2. The first-order chi connectivity index (χ1) is 12.7. The van der Waals surface area contributed by atoms with Crippen LogP contribution in [-0.4, -0.2) is 32.6 Å². The molecule has 0 saturated heterocycles. The van der Waals surface area contributed by atoms with Crippen LogP contribution in [0.1, 0.15) is 17.5 Å². The summed E-state index contributed by atoms with van der Waals surface area (Å²) in [5.74, 6) is -0.638. The van der Waals surface area contributed by atoms with Crippen LogP contribution in [0.15, 0.2) is 41.3 Å². The van der Waals surface area contributed by atoms with Crippen molar-refractivity contribution in [1.29, 1.82) is 0 Å². The quantitative estimate of drug-likeness (QED) is 0.819. The van der Waals surface area contributed by atoms with Gasteiger partial charge in [0.15, 0.2) is 16.4 Å². The Morgan fingerprint density at radius 3 is 2.56 bits per heavy atom. The van der Waals surface area contributed by atoms with Crippen LogP contribution >= 0.6 is 0 Å². The molecule has 2 aromatic carbocycles. The van der Waals surface area contributed by atoms with Gasteiger partial charge in [-0.2, -0.15) is 0 Å². The van der Waals surface area contributed by atoms with Crippen molar-refractivity contribution in [3.05, 3.63) is 47.5 Å². The minimum absolute atomic E-state index is 0.0336. The van der Waals surface area contributed by atoms with Gasteiger partial charge in [-0.05, 0) is 55.3 Å². The number of benzene rings is 2. The fourth-order valence-corrected chi connectivity index (χ4v) is 4.13. The van der Waals surface area contributed by atoms with Gasteiger partial charge in [0.05, 0.1) is 16.3 Å². The van der Waals surface area contributed by atoms with E-state index in [1.54, 1.807) is 0 Å². The highest BCUT2D eigenvalue weighted by Gasteiger charge is 2.21. The number of amides is 2. The Bertz CT molecular complexity index is 995. The number of hydrogen-bond acceptors (Lipinski definition) is 5. The Kier molecular flexibility index (Phi) is 5.18. The van der Waals surface area contributed by atoms with E-state index >= 15 is 0 Å². The summed E-state index contributed by atoms with van der Waals surface area (Å²) in [6.07, 6.45) is -0.171. The number of fused-ring (bicyclic) bond motifs is 1. The standard InChI is InChI=1S/C19H20N2O5S/c1-12-7-13(2)9-14(8-12)20-18(22)5-6-27(24,25)15-3-4-17-16(10-15)21-19(23)11-26-17/h3-4,7-10H,5-6,11H2,1-2H3,(H,20,22)(H,21,23). The summed E-state index contributed by atoms with van der Waals surface area (Å²) in [6.45, 7) is 3.75. The minimum Gasteiger partial charge on any atom is -0.482 e. The van der Waals surface area contributed by atoms with Crippen molar-refractivity contribution in [3.63, 3.8) is 0 Å². The molecule has 142 valence electrons. The number of rotatable bonds is 5. The third-order valence-corrected chi connectivity index (χ3v) is 5.76. The van der Waals surface area contributed by atoms with Gasteiger partial charge in [-0.1, -0.05) is 6.07 Å². The lowest BCUT2D eigenvalue weighted by Crippen LogP contribution is -2.25. The summed E-state index contributed by atoms with van der Waals surface area (Å²) in [6, 6.07) is 9.89. The maximum atomic E-state index is 12.5. The highest BCUT2D eigenvalue weighted by molar-refractivity contribution is 7.91. The summed E-state index contributed by atoms with van der Waals surface area (Å²) in [4.78, 5) is 23.6. The van der Waals surface area contributed by atoms with E-state index < -0.39 is 9.84 Å². The summed E-state index contributed by atoms with van der Waals surface area (Å²) in [7, 11) is -3.68. The van der Waals surface area contributed by atoms with Crippen LogP contribution in [0.4, 0.5) is 11.4 Å². The van der Waals surface area contributed by atoms with Gasteiger partial charge in [0.1, 0.15) is 5.75 Å². The van der Waals surface area contributed by atoms with Gasteiger partial charge in [-0.3, -0.25) is 9.59 Å². The van der Waals surface area contributed by atoms with E-state index in [1.807, 2.05) is 32.0 Å². The lowest BCUT2D eigenvalue weighted by molar-refractivity contribution is -0.118. The predicted molar refractivity (Wildman–Crippen MR) is 102 cm³/mol. The molecule has 27 heavy (non-hydrogen) atoms. The first kappa shape index (κ1) is 18.9. The largest absolute Gasteiger partial charge is 0.482 e. The number of carbonyl (C=O) groups excluding carboxylic acids is 2. The summed E-state index contributed by atoms with van der Waals surface area (Å²) >= 11 is 0. The maximum absolute atomic E-state index is 12.5. The molecule has 1 aliphatic rings. The fourth-order valence-electron chi connectivity index (χ4n) is 2.87. The van der Waals surface area contributed by atoms with Crippen LogP contribution in [0, 0.1) is 13.8 Å². The van der Waals surface area contributed by atoms with Crippen molar-refractivity contribution in [3.8, 4) is 5.75 Å². The topological polar surface area (TPSA) is 102 Å². The number of hydrogen-bond donors (Lipinski definition) is 2. The zero-order valence-corrected chi connectivity index (χ0v) is 15.9. The maximum Gasteiger partial charge on any atom is 0.262 e. The van der Waals surface area contributed by atoms with Crippen molar-refractivity contribution in [2.75, 3.05) is 23.0 Å². The third kappa shape index (κ3) is 4.65. The lowest BCUT2D eigenvalue weighted by Gasteiger charge is -2.18. The molecule has 0 radical (unpaired) electrons. The number of sulfone groups is 1. The normalized spacial score (nSPS) is 13.3. The van der Waals surface area contributed by atoms with E-state index in [-0.39, 0.29) is 35.5 Å². The smallest absolute Gasteiger partial charge is 0.262 e. The molecule has 2 amide bonds. The molecule has 0 aromatic heterocycles. The Morgan fingerprint density at radius 1 is 1.15 bits per heavy atom. The second-order valence-corrected chi connectivity index (χ2v) is 8.60. The van der Waals surface area contributed by atoms with Crippen LogP contribution in [-0.2, 0) is 19.4 Å². The van der Waals surface area contributed by atoms with Gasteiger partial charge in [-0.25, -0.2) is 8.42 Å². The number of anilines is 2. The molecule has 0 spiro atoms. The van der Waals surface area contributed by atoms with Crippen molar-refractivity contribution in [1.82, 2.24) is 0 Å². The van der Waals surface area contributed by atoms with Crippen molar-refractivity contribution in [2.45, 2.75) is 25.2 Å². The Morgan fingerprint density at radius 2 is 1.85 bits per heavy atom. The molecular weight excluding hydrogens is 368 g/mol. The summed E-state index contributed by atoms with van der Waals surface area (Å²) in [5, 5.41) is 5.30. The summed E-state index contributed by atoms with van der Waals surface area (Å²) in [5.41, 5.74) is 2.98. The number of nitrogens with one attached hydrogen (secondary N) is 2. The van der Waals surface area contributed by atoms with Gasteiger partial charge in [0.2, 0.25) is 5.91 Å². The molecule has 3 rings (SSSR count). The second-order valence-electron chi connectivity index (χ2n) is 6.49. The molecule has 1 heterocycles. The van der Waals surface area contributed by atoms with Crippen molar-refractivity contribution >= 4 is 33.0 Å². The monoisotopic (exact) mass is 388 g/mol. The number of aryl methyl sites for hydroxylation is 2. The van der Waals surface area contributed by atoms with Crippen LogP contribution in [0.25, 0.3) is 0 Å². The zero-order chi connectivity index (χ0) is 19.6. The SMILES string of the molecule is Cc1cc(C)cc(NC(=O)CCS(=O)(=O)c2ccc3c(c2)NC(=O)CO3)c1. The van der Waals surface area contributed by atoms with E-state index in [0.29, 0.717) is 17.1 Å². The summed E-state index contributed by atoms with van der Waals surface area (Å²) < 4.78 is 30.3. The van der Waals surface area contributed by atoms with Crippen molar-refractivity contribution in [2.24, 2.45) is 0 Å². The molecule has 8 heteroatoms. The molecule has 2 N–H and O–H groups in total. The van der Waals surface area contributed by atoms with Gasteiger partial charge < -0.3 is 15.4 Å². The molecule has 2 aromatic rings. The first-order valence-corrected chi connectivity index (χ1v) is 10.1. The van der Waals surface area contributed by atoms with Crippen LogP contribution in [0.3, 0.4) is 0 Å². The molecule has 0 atom stereocenters. The lowest BCUT2D eigenvalue weighted by atomic mass is 10.1. The average Bonchev–Trinajstić information content (AvgIpc) is 2.58. The third-order valence-electron chi connectivity index (χ3n) is 4.05. The second kappa shape index (κ2) is 7.40. The molecule has 0 saturated carbocycles. The van der Waals surface area contributed by atoms with E-state index in [9.17, 15) is 18.0 Å². The highest BCUT2D eigenvalue weighted by Crippen LogP contribution is 2.30. The Hall–Kier alpha value is -2.87. The molecule has 7 nitrogen and oxygen atoms in total. The zero-order valence-electron chi connectivity index (χ0n) is 15.0. The van der Waals surface area contributed by atoms with Gasteiger partial charge in [0, 0.05) is 12.1 Å². The number of ether oxygens (including phenoxy) is 1. The van der Waals surface area contributed by atoms with E-state index in [4.69, 9.17) is 4.74 Å².